The van der Waals surface area contributed by atoms with Crippen LogP contribution in [0.15, 0.2) is 73.8 Å². The molecular formula is C34H36ClN5O6. The third kappa shape index (κ3) is 8.51. The summed E-state index contributed by atoms with van der Waals surface area (Å²) in [7, 11) is 0. The van der Waals surface area contributed by atoms with Crippen molar-refractivity contribution in [2.45, 2.75) is 60.9 Å². The predicted molar refractivity (Wildman–Crippen MR) is 178 cm³/mol. The normalized spacial score (nSPS) is 10.7. The second-order valence-electron chi connectivity index (χ2n) is 10.9. The zero-order valence-electron chi connectivity index (χ0n) is 26.5. The summed E-state index contributed by atoms with van der Waals surface area (Å²) in [4.78, 5) is 59.1. The molecule has 0 saturated heterocycles. The van der Waals surface area contributed by atoms with Gasteiger partial charge in [0.15, 0.2) is 0 Å². The lowest BCUT2D eigenvalue weighted by Crippen LogP contribution is -2.33. The largest absolute Gasteiger partial charge is 0.440 e. The summed E-state index contributed by atoms with van der Waals surface area (Å²) < 4.78 is 13.1. The van der Waals surface area contributed by atoms with E-state index in [1.165, 1.54) is 4.57 Å². The van der Waals surface area contributed by atoms with E-state index in [9.17, 15) is 19.2 Å². The zero-order chi connectivity index (χ0) is 33.5. The Morgan fingerprint density at radius 1 is 0.717 bits per heavy atom. The summed E-state index contributed by atoms with van der Waals surface area (Å²) in [6.45, 7) is 11.6. The van der Waals surface area contributed by atoms with Crippen LogP contribution in [0.1, 0.15) is 52.9 Å². The number of benzene rings is 2. The van der Waals surface area contributed by atoms with Crippen LogP contribution in [0, 0.1) is 27.7 Å². The van der Waals surface area contributed by atoms with Crippen molar-refractivity contribution in [3.63, 3.8) is 0 Å². The fourth-order valence-corrected chi connectivity index (χ4v) is 5.16. The molecule has 0 radical (unpaired) electrons. The molecule has 0 aliphatic rings. The molecule has 5 aromatic rings. The molecule has 11 nitrogen and oxygen atoms in total. The highest BCUT2D eigenvalue weighted by molar-refractivity contribution is 6.29. The fraction of sp³-hybridized carbons (Fsp3) is 0.265. The summed E-state index contributed by atoms with van der Waals surface area (Å²) >= 11 is 5.95. The van der Waals surface area contributed by atoms with Crippen molar-refractivity contribution in [3.8, 4) is 23.3 Å². The molecule has 0 atom stereocenters. The number of halogens is 1. The lowest BCUT2D eigenvalue weighted by atomic mass is 10.1. The Labute approximate surface area is 269 Å². The van der Waals surface area contributed by atoms with Gasteiger partial charge in [-0.2, -0.15) is 0 Å². The van der Waals surface area contributed by atoms with Gasteiger partial charge in [0.05, 0.1) is 23.4 Å². The molecule has 0 aliphatic heterocycles. The molecule has 0 spiro atoms. The predicted octanol–water partition coefficient (Wildman–Crippen LogP) is 5.64. The maximum Gasteiger partial charge on any atom is 0.331 e. The number of aromatic amines is 3. The van der Waals surface area contributed by atoms with Crippen LogP contribution in [-0.2, 0) is 19.4 Å². The molecule has 3 heterocycles. The summed E-state index contributed by atoms with van der Waals surface area (Å²) in [5, 5.41) is 0.331. The number of pyridine rings is 1. The summed E-state index contributed by atoms with van der Waals surface area (Å²) in [5.74, 6) is 1.60. The number of nitrogens with zero attached hydrogens (tertiary/aromatic N) is 2. The third-order valence-corrected chi connectivity index (χ3v) is 7.08. The Bertz CT molecular complexity index is 2070. The van der Waals surface area contributed by atoms with E-state index >= 15 is 0 Å². The molecule has 240 valence electrons. The second-order valence-corrected chi connectivity index (χ2v) is 11.2. The Morgan fingerprint density at radius 2 is 1.26 bits per heavy atom. The van der Waals surface area contributed by atoms with Crippen molar-refractivity contribution in [1.82, 2.24) is 24.5 Å². The monoisotopic (exact) mass is 645 g/mol. The Kier molecular flexibility index (Phi) is 10.8. The van der Waals surface area contributed by atoms with E-state index in [-0.39, 0.29) is 18.3 Å². The van der Waals surface area contributed by atoms with Gasteiger partial charge in [-0.3, -0.25) is 29.1 Å². The lowest BCUT2D eigenvalue weighted by molar-refractivity contribution is 0.412. The van der Waals surface area contributed by atoms with E-state index in [1.807, 2.05) is 77.9 Å². The van der Waals surface area contributed by atoms with Crippen molar-refractivity contribution in [2.75, 3.05) is 0 Å². The number of nitrogens with one attached hydrogen (secondary N) is 3. The van der Waals surface area contributed by atoms with E-state index in [0.29, 0.717) is 46.3 Å². The van der Waals surface area contributed by atoms with Crippen LogP contribution >= 0.6 is 11.6 Å². The highest BCUT2D eigenvalue weighted by Crippen LogP contribution is 2.26. The standard InChI is InChI=1S/C20H20ClN3O3.C14H16N2O3/c1-4-16-18(25)23-20(26)24(11-14-6-5-7-17(21)22-14)19(16)27-15-9-12(2)8-13(3)10-15;1-4-11-12(17)15-14(18)16-13(11)19-10-6-8(2)5-9(3)7-10/h5-10H,4,11H2,1-3H3,(H,23,25,26);5-7H,4H2,1-3H3,(H2,15,16,17,18). The maximum atomic E-state index is 12.5. The second kappa shape index (κ2) is 14.7. The van der Waals surface area contributed by atoms with Gasteiger partial charge in [0, 0.05) is 0 Å². The fourth-order valence-electron chi connectivity index (χ4n) is 4.98. The minimum Gasteiger partial charge on any atom is -0.440 e. The van der Waals surface area contributed by atoms with E-state index < -0.39 is 22.5 Å². The molecule has 46 heavy (non-hydrogen) atoms. The molecule has 5 rings (SSSR count). The summed E-state index contributed by atoms with van der Waals surface area (Å²) in [5.41, 5.74) is 3.60. The first kappa shape index (κ1) is 33.7. The topological polar surface area (TPSA) is 152 Å². The number of ether oxygens (including phenoxy) is 2. The zero-order valence-corrected chi connectivity index (χ0v) is 27.3. The van der Waals surface area contributed by atoms with E-state index in [0.717, 1.165) is 22.3 Å². The van der Waals surface area contributed by atoms with Gasteiger partial charge < -0.3 is 9.47 Å². The molecule has 3 N–H and O–H groups in total. The number of H-pyrrole nitrogens is 3. The van der Waals surface area contributed by atoms with Gasteiger partial charge in [0.25, 0.3) is 11.1 Å². The number of hydrogen-bond acceptors (Lipinski definition) is 7. The number of aromatic nitrogens is 5. The van der Waals surface area contributed by atoms with Crippen molar-refractivity contribution in [1.29, 1.82) is 0 Å². The molecule has 0 fully saturated rings. The molecule has 0 amide bonds. The van der Waals surface area contributed by atoms with Crippen LogP contribution < -0.4 is 32.0 Å². The Balaban J connectivity index is 0.000000222. The minimum absolute atomic E-state index is 0.128. The average Bonchev–Trinajstić information content (AvgIpc) is 2.94. The van der Waals surface area contributed by atoms with Gasteiger partial charge in [0.1, 0.15) is 16.7 Å². The van der Waals surface area contributed by atoms with Gasteiger partial charge in [-0.05, 0) is 99.2 Å². The van der Waals surface area contributed by atoms with Gasteiger partial charge in [-0.1, -0.05) is 43.6 Å². The van der Waals surface area contributed by atoms with Gasteiger partial charge in [0.2, 0.25) is 11.8 Å². The Hall–Kier alpha value is -5.16. The summed E-state index contributed by atoms with van der Waals surface area (Å²) in [6, 6.07) is 16.6. The number of aryl methyl sites for hydroxylation is 4. The number of rotatable bonds is 8. The van der Waals surface area contributed by atoms with Crippen LogP contribution in [0.25, 0.3) is 0 Å². The first-order valence-corrected chi connectivity index (χ1v) is 15.1. The Morgan fingerprint density at radius 3 is 1.80 bits per heavy atom. The molecule has 3 aromatic heterocycles. The molecule has 0 unspecified atom stereocenters. The van der Waals surface area contributed by atoms with Crippen LogP contribution in [-0.4, -0.2) is 24.5 Å². The molecule has 0 bridgehead atoms. The van der Waals surface area contributed by atoms with E-state index in [4.69, 9.17) is 21.1 Å². The average molecular weight is 646 g/mol. The quantitative estimate of drug-likeness (QED) is 0.185. The van der Waals surface area contributed by atoms with Crippen molar-refractivity contribution in [2.24, 2.45) is 0 Å². The molecule has 0 aliphatic carbocycles. The minimum atomic E-state index is -0.568. The highest BCUT2D eigenvalue weighted by atomic mass is 35.5. The van der Waals surface area contributed by atoms with Crippen LogP contribution in [0.2, 0.25) is 5.15 Å². The first-order chi connectivity index (χ1) is 21.9. The van der Waals surface area contributed by atoms with Crippen molar-refractivity contribution < 1.29 is 9.47 Å². The molecule has 0 saturated carbocycles. The first-order valence-electron chi connectivity index (χ1n) is 14.7. The maximum absolute atomic E-state index is 12.5. The van der Waals surface area contributed by atoms with Gasteiger partial charge >= 0.3 is 11.4 Å². The third-order valence-electron chi connectivity index (χ3n) is 6.87. The summed E-state index contributed by atoms with van der Waals surface area (Å²) in [6.07, 6.45) is 0.894. The molecule has 12 heteroatoms. The SMILES string of the molecule is CCc1c(Oc2cc(C)cc(C)c2)[nH]c(=O)[nH]c1=O.CCc1c(Oc2cc(C)cc(C)c2)n(Cc2cccc(Cl)n2)c(=O)[nH]c1=O. The molecular weight excluding hydrogens is 610 g/mol. The van der Waals surface area contributed by atoms with Crippen molar-refractivity contribution in [3.05, 3.63) is 141 Å². The van der Waals surface area contributed by atoms with Crippen LogP contribution in [0.3, 0.4) is 0 Å². The van der Waals surface area contributed by atoms with E-state index in [2.05, 4.69) is 19.9 Å². The van der Waals surface area contributed by atoms with Crippen LogP contribution in [0.4, 0.5) is 0 Å². The number of hydrogen-bond donors (Lipinski definition) is 3. The van der Waals surface area contributed by atoms with Crippen LogP contribution in [0.5, 0.6) is 23.3 Å². The smallest absolute Gasteiger partial charge is 0.331 e. The van der Waals surface area contributed by atoms with Gasteiger partial charge in [-0.15, -0.1) is 0 Å². The molecule has 2 aromatic carbocycles. The lowest BCUT2D eigenvalue weighted by Gasteiger charge is -2.16. The van der Waals surface area contributed by atoms with Crippen molar-refractivity contribution >= 4 is 11.6 Å². The highest BCUT2D eigenvalue weighted by Gasteiger charge is 2.17. The van der Waals surface area contributed by atoms with Gasteiger partial charge in [-0.25, -0.2) is 14.6 Å². The van der Waals surface area contributed by atoms with E-state index in [1.54, 1.807) is 18.2 Å².